The molecular weight excluding hydrogens is 450 g/mol. The predicted octanol–water partition coefficient (Wildman–Crippen LogP) is 4.83. The van der Waals surface area contributed by atoms with E-state index in [0.717, 1.165) is 17.0 Å². The van der Waals surface area contributed by atoms with Crippen LogP contribution in [0.1, 0.15) is 17.0 Å². The maximum atomic E-state index is 12.6. The molecule has 2 aromatic carbocycles. The first-order chi connectivity index (χ1) is 15.2. The maximum Gasteiger partial charge on any atom is 0.263 e. The van der Waals surface area contributed by atoms with Crippen molar-refractivity contribution in [2.45, 2.75) is 25.7 Å². The summed E-state index contributed by atoms with van der Waals surface area (Å²) in [7, 11) is -3.81. The predicted molar refractivity (Wildman–Crippen MR) is 122 cm³/mol. The summed E-state index contributed by atoms with van der Waals surface area (Å²) in [5.41, 5.74) is 3.39. The molecule has 4 aromatic rings. The molecule has 0 radical (unpaired) electrons. The van der Waals surface area contributed by atoms with E-state index in [-0.39, 0.29) is 9.92 Å². The number of benzene rings is 2. The van der Waals surface area contributed by atoms with Crippen molar-refractivity contribution in [3.8, 4) is 17.4 Å². The third-order valence-corrected chi connectivity index (χ3v) is 6.83. The largest absolute Gasteiger partial charge is 0.439 e. The molecule has 0 aliphatic heterocycles. The molecule has 0 saturated carbocycles. The normalized spacial score (nSPS) is 11.4. The minimum absolute atomic E-state index is 0.00916. The van der Waals surface area contributed by atoms with Gasteiger partial charge in [-0.25, -0.2) is 23.1 Å². The van der Waals surface area contributed by atoms with Crippen LogP contribution in [0.15, 0.2) is 65.8 Å². The first kappa shape index (κ1) is 21.8. The van der Waals surface area contributed by atoms with E-state index in [1.807, 2.05) is 20.8 Å². The Bertz CT molecular complexity index is 1390. The molecular formula is C22H20ClN5O3S. The van der Waals surface area contributed by atoms with Crippen LogP contribution in [0.4, 0.5) is 5.69 Å². The van der Waals surface area contributed by atoms with Gasteiger partial charge in [0.1, 0.15) is 17.0 Å². The van der Waals surface area contributed by atoms with Gasteiger partial charge in [-0.1, -0.05) is 23.7 Å². The average molecular weight is 470 g/mol. The number of anilines is 1. The van der Waals surface area contributed by atoms with Crippen LogP contribution in [0, 0.1) is 20.8 Å². The molecule has 0 bridgehead atoms. The number of rotatable bonds is 6. The number of nitrogens with zero attached hydrogens (tertiary/aromatic N) is 4. The summed E-state index contributed by atoms with van der Waals surface area (Å²) in [6, 6.07) is 14.4. The zero-order valence-electron chi connectivity index (χ0n) is 17.6. The standard InChI is InChI=1S/C22H20ClN5O3S/c1-14-15(2)26-28(16(14)3)21-12-22(25-13-24-21)31-18-10-8-17(9-11-18)27-32(29,30)20-7-5-4-6-19(20)23/h4-13,27H,1-3H3. The quantitative estimate of drug-likeness (QED) is 0.434. The lowest BCUT2D eigenvalue weighted by molar-refractivity contribution is 0.460. The summed E-state index contributed by atoms with van der Waals surface area (Å²) in [5, 5.41) is 4.65. The molecule has 0 spiro atoms. The van der Waals surface area contributed by atoms with Gasteiger partial charge in [-0.05, 0) is 62.7 Å². The van der Waals surface area contributed by atoms with Crippen molar-refractivity contribution in [2.75, 3.05) is 4.72 Å². The first-order valence-corrected chi connectivity index (χ1v) is 11.5. The lowest BCUT2D eigenvalue weighted by atomic mass is 10.2. The Kier molecular flexibility index (Phi) is 5.86. The number of aryl methyl sites for hydroxylation is 1. The van der Waals surface area contributed by atoms with Gasteiger partial charge < -0.3 is 4.74 Å². The van der Waals surface area contributed by atoms with E-state index in [4.69, 9.17) is 16.3 Å². The molecule has 0 amide bonds. The number of sulfonamides is 1. The Balaban J connectivity index is 1.51. The molecule has 2 heterocycles. The number of ether oxygens (including phenoxy) is 1. The van der Waals surface area contributed by atoms with Gasteiger partial charge in [0.05, 0.1) is 10.7 Å². The summed E-state index contributed by atoms with van der Waals surface area (Å²) >= 11 is 6.01. The Labute approximate surface area is 190 Å². The number of nitrogens with one attached hydrogen (secondary N) is 1. The van der Waals surface area contributed by atoms with Gasteiger partial charge in [-0.15, -0.1) is 0 Å². The van der Waals surface area contributed by atoms with Gasteiger partial charge in [0.25, 0.3) is 10.0 Å². The number of halogens is 1. The monoisotopic (exact) mass is 469 g/mol. The molecule has 0 aliphatic rings. The molecule has 0 unspecified atom stereocenters. The zero-order chi connectivity index (χ0) is 22.9. The molecule has 8 nitrogen and oxygen atoms in total. The van der Waals surface area contributed by atoms with E-state index in [2.05, 4.69) is 19.8 Å². The summed E-state index contributed by atoms with van der Waals surface area (Å²) < 4.78 is 35.2. The van der Waals surface area contributed by atoms with Gasteiger partial charge in [0.15, 0.2) is 5.82 Å². The molecule has 164 valence electrons. The third kappa shape index (κ3) is 4.44. The van der Waals surface area contributed by atoms with E-state index in [1.54, 1.807) is 47.1 Å². The SMILES string of the molecule is Cc1nn(-c2cc(Oc3ccc(NS(=O)(=O)c4ccccc4Cl)cc3)ncn2)c(C)c1C. The maximum absolute atomic E-state index is 12.6. The summed E-state index contributed by atoms with van der Waals surface area (Å²) in [6.45, 7) is 5.92. The van der Waals surface area contributed by atoms with Crippen molar-refractivity contribution in [3.63, 3.8) is 0 Å². The molecule has 32 heavy (non-hydrogen) atoms. The minimum Gasteiger partial charge on any atom is -0.439 e. The smallest absolute Gasteiger partial charge is 0.263 e. The third-order valence-electron chi connectivity index (χ3n) is 4.95. The lowest BCUT2D eigenvalue weighted by Gasteiger charge is -2.11. The first-order valence-electron chi connectivity index (χ1n) is 9.65. The molecule has 2 aromatic heterocycles. The fourth-order valence-electron chi connectivity index (χ4n) is 3.03. The van der Waals surface area contributed by atoms with Crippen molar-refractivity contribution >= 4 is 27.3 Å². The number of aromatic nitrogens is 4. The van der Waals surface area contributed by atoms with E-state index in [9.17, 15) is 8.42 Å². The Morgan fingerprint density at radius 2 is 1.72 bits per heavy atom. The van der Waals surface area contributed by atoms with Gasteiger partial charge >= 0.3 is 0 Å². The second kappa shape index (κ2) is 8.60. The van der Waals surface area contributed by atoms with Crippen LogP contribution in [-0.2, 0) is 10.0 Å². The van der Waals surface area contributed by atoms with Crippen molar-refractivity contribution in [2.24, 2.45) is 0 Å². The van der Waals surface area contributed by atoms with Crippen LogP contribution in [0.3, 0.4) is 0 Å². The van der Waals surface area contributed by atoms with Gasteiger partial charge in [-0.2, -0.15) is 5.10 Å². The van der Waals surface area contributed by atoms with Crippen LogP contribution in [0.2, 0.25) is 5.02 Å². The van der Waals surface area contributed by atoms with Gasteiger partial charge in [0, 0.05) is 17.4 Å². The second-order valence-electron chi connectivity index (χ2n) is 7.08. The molecule has 10 heteroatoms. The van der Waals surface area contributed by atoms with Crippen LogP contribution in [0.25, 0.3) is 5.82 Å². The average Bonchev–Trinajstić information content (AvgIpc) is 3.03. The van der Waals surface area contributed by atoms with Crippen molar-refractivity contribution < 1.29 is 13.2 Å². The lowest BCUT2D eigenvalue weighted by Crippen LogP contribution is -2.13. The van der Waals surface area contributed by atoms with E-state index < -0.39 is 10.0 Å². The zero-order valence-corrected chi connectivity index (χ0v) is 19.1. The second-order valence-corrected chi connectivity index (χ2v) is 9.14. The highest BCUT2D eigenvalue weighted by Crippen LogP contribution is 2.26. The molecule has 0 aliphatic carbocycles. The summed E-state index contributed by atoms with van der Waals surface area (Å²) in [5.74, 6) is 1.41. The molecule has 1 N–H and O–H groups in total. The van der Waals surface area contributed by atoms with E-state index in [0.29, 0.717) is 23.1 Å². The Morgan fingerprint density at radius 1 is 1.00 bits per heavy atom. The Hall–Kier alpha value is -3.43. The fraction of sp³-hybridized carbons (Fsp3) is 0.136. The number of hydrogen-bond donors (Lipinski definition) is 1. The van der Waals surface area contributed by atoms with Crippen molar-refractivity contribution in [3.05, 3.63) is 82.9 Å². The van der Waals surface area contributed by atoms with Crippen LogP contribution in [0.5, 0.6) is 11.6 Å². The van der Waals surface area contributed by atoms with Gasteiger partial charge in [-0.3, -0.25) is 4.72 Å². The highest BCUT2D eigenvalue weighted by atomic mass is 35.5. The summed E-state index contributed by atoms with van der Waals surface area (Å²) in [6.07, 6.45) is 1.41. The van der Waals surface area contributed by atoms with E-state index >= 15 is 0 Å². The highest BCUT2D eigenvalue weighted by molar-refractivity contribution is 7.92. The minimum atomic E-state index is -3.81. The molecule has 0 fully saturated rings. The topological polar surface area (TPSA) is 99.0 Å². The number of hydrogen-bond acceptors (Lipinski definition) is 6. The fourth-order valence-corrected chi connectivity index (χ4v) is 4.61. The van der Waals surface area contributed by atoms with Crippen molar-refractivity contribution in [1.82, 2.24) is 19.7 Å². The Morgan fingerprint density at radius 3 is 2.38 bits per heavy atom. The molecule has 0 atom stereocenters. The summed E-state index contributed by atoms with van der Waals surface area (Å²) in [4.78, 5) is 8.44. The van der Waals surface area contributed by atoms with Crippen LogP contribution in [-0.4, -0.2) is 28.2 Å². The van der Waals surface area contributed by atoms with Crippen molar-refractivity contribution in [1.29, 1.82) is 0 Å². The van der Waals surface area contributed by atoms with E-state index in [1.165, 1.54) is 18.5 Å². The highest BCUT2D eigenvalue weighted by Gasteiger charge is 2.17. The van der Waals surface area contributed by atoms with Crippen LogP contribution < -0.4 is 9.46 Å². The van der Waals surface area contributed by atoms with Crippen LogP contribution >= 0.6 is 11.6 Å². The van der Waals surface area contributed by atoms with Gasteiger partial charge in [0.2, 0.25) is 5.88 Å². The molecule has 0 saturated heterocycles. The molecule has 4 rings (SSSR count).